The second-order valence-electron chi connectivity index (χ2n) is 5.26. The largest absolute Gasteiger partial charge is 0.496 e. The molecule has 2 N–H and O–H groups in total. The van der Waals surface area contributed by atoms with Gasteiger partial charge in [-0.1, -0.05) is 41.4 Å². The first-order valence-electron chi connectivity index (χ1n) is 7.63. The Labute approximate surface area is 156 Å². The monoisotopic (exact) mass is 380 g/mol. The van der Waals surface area contributed by atoms with Gasteiger partial charge in [-0.05, 0) is 36.2 Å². The lowest BCUT2D eigenvalue weighted by Crippen LogP contribution is -2.29. The summed E-state index contributed by atoms with van der Waals surface area (Å²) >= 11 is 11.8. The van der Waals surface area contributed by atoms with Crippen LogP contribution in [-0.4, -0.2) is 25.5 Å². The van der Waals surface area contributed by atoms with Gasteiger partial charge in [0.1, 0.15) is 12.2 Å². The highest BCUT2D eigenvalue weighted by Gasteiger charge is 2.12. The average Bonchev–Trinajstić information content (AvgIpc) is 2.58. The SMILES string of the molecule is COc1ccccc1CCNC(=O)CC(=O)Nc1cc(Cl)ccc1Cl. The maximum absolute atomic E-state index is 11.9. The van der Waals surface area contributed by atoms with Gasteiger partial charge in [-0.15, -0.1) is 0 Å². The van der Waals surface area contributed by atoms with Crippen LogP contribution in [-0.2, 0) is 16.0 Å². The Balaban J connectivity index is 1.80. The van der Waals surface area contributed by atoms with Crippen molar-refractivity contribution < 1.29 is 14.3 Å². The van der Waals surface area contributed by atoms with E-state index in [4.69, 9.17) is 27.9 Å². The number of carbonyl (C=O) groups excluding carboxylic acids is 2. The fraction of sp³-hybridized carbons (Fsp3) is 0.222. The van der Waals surface area contributed by atoms with Crippen LogP contribution in [0.4, 0.5) is 5.69 Å². The number of ether oxygens (including phenoxy) is 1. The molecule has 0 aliphatic heterocycles. The summed E-state index contributed by atoms with van der Waals surface area (Å²) < 4.78 is 5.25. The molecule has 0 atom stereocenters. The molecule has 0 radical (unpaired) electrons. The summed E-state index contributed by atoms with van der Waals surface area (Å²) in [5.41, 5.74) is 1.36. The van der Waals surface area contributed by atoms with E-state index in [1.54, 1.807) is 19.2 Å². The zero-order valence-corrected chi connectivity index (χ0v) is 15.2. The Kier molecular flexibility index (Phi) is 7.10. The Morgan fingerprint density at radius 1 is 1.08 bits per heavy atom. The molecular weight excluding hydrogens is 363 g/mol. The highest BCUT2D eigenvalue weighted by atomic mass is 35.5. The second-order valence-corrected chi connectivity index (χ2v) is 6.10. The number of para-hydroxylation sites is 1. The van der Waals surface area contributed by atoms with Gasteiger partial charge in [0.2, 0.25) is 11.8 Å². The van der Waals surface area contributed by atoms with Gasteiger partial charge in [-0.2, -0.15) is 0 Å². The zero-order chi connectivity index (χ0) is 18.2. The number of hydrogen-bond donors (Lipinski definition) is 2. The van der Waals surface area contributed by atoms with E-state index >= 15 is 0 Å². The van der Waals surface area contributed by atoms with E-state index in [0.29, 0.717) is 28.7 Å². The Morgan fingerprint density at radius 2 is 1.84 bits per heavy atom. The first-order valence-corrected chi connectivity index (χ1v) is 8.38. The maximum atomic E-state index is 11.9. The van der Waals surface area contributed by atoms with Gasteiger partial charge < -0.3 is 15.4 Å². The number of amides is 2. The minimum atomic E-state index is -0.459. The Morgan fingerprint density at radius 3 is 2.60 bits per heavy atom. The molecule has 0 unspecified atom stereocenters. The fourth-order valence-corrected chi connectivity index (χ4v) is 2.58. The van der Waals surface area contributed by atoms with Gasteiger partial charge in [0.25, 0.3) is 0 Å². The molecule has 0 heterocycles. The first-order chi connectivity index (χ1) is 12.0. The van der Waals surface area contributed by atoms with Crippen LogP contribution in [0.2, 0.25) is 10.0 Å². The molecule has 25 heavy (non-hydrogen) atoms. The average molecular weight is 381 g/mol. The van der Waals surface area contributed by atoms with Gasteiger partial charge in [-0.25, -0.2) is 0 Å². The van der Waals surface area contributed by atoms with E-state index < -0.39 is 5.91 Å². The Hall–Kier alpha value is -2.24. The van der Waals surface area contributed by atoms with Crippen molar-refractivity contribution >= 4 is 40.7 Å². The molecule has 2 aromatic rings. The summed E-state index contributed by atoms with van der Waals surface area (Å²) in [7, 11) is 1.60. The summed E-state index contributed by atoms with van der Waals surface area (Å²) in [5, 5.41) is 6.08. The van der Waals surface area contributed by atoms with Crippen molar-refractivity contribution in [1.29, 1.82) is 0 Å². The van der Waals surface area contributed by atoms with Crippen LogP contribution < -0.4 is 15.4 Å². The van der Waals surface area contributed by atoms with E-state index in [9.17, 15) is 9.59 Å². The lowest BCUT2D eigenvalue weighted by Gasteiger charge is -2.10. The third-order valence-corrected chi connectivity index (χ3v) is 4.00. The van der Waals surface area contributed by atoms with Crippen molar-refractivity contribution in [3.8, 4) is 5.75 Å². The van der Waals surface area contributed by atoms with Crippen molar-refractivity contribution in [2.75, 3.05) is 19.0 Å². The molecule has 132 valence electrons. The van der Waals surface area contributed by atoms with Crippen LogP contribution in [0.1, 0.15) is 12.0 Å². The van der Waals surface area contributed by atoms with Gasteiger partial charge in [0.15, 0.2) is 0 Å². The van der Waals surface area contributed by atoms with Crippen LogP contribution in [0.25, 0.3) is 0 Å². The van der Waals surface area contributed by atoms with E-state index in [1.807, 2.05) is 24.3 Å². The summed E-state index contributed by atoms with van der Waals surface area (Å²) in [6.07, 6.45) is 0.312. The highest BCUT2D eigenvalue weighted by molar-refractivity contribution is 6.35. The smallest absolute Gasteiger partial charge is 0.233 e. The molecule has 0 spiro atoms. The van der Waals surface area contributed by atoms with E-state index in [-0.39, 0.29) is 12.3 Å². The van der Waals surface area contributed by atoms with Gasteiger partial charge in [0.05, 0.1) is 17.8 Å². The van der Waals surface area contributed by atoms with E-state index in [2.05, 4.69) is 10.6 Å². The van der Waals surface area contributed by atoms with Crippen molar-refractivity contribution in [2.24, 2.45) is 0 Å². The van der Waals surface area contributed by atoms with Crippen LogP contribution in [0, 0.1) is 0 Å². The third kappa shape index (κ3) is 5.96. The molecule has 0 aliphatic carbocycles. The number of nitrogens with one attached hydrogen (secondary N) is 2. The molecule has 0 saturated heterocycles. The van der Waals surface area contributed by atoms with Crippen molar-refractivity contribution in [1.82, 2.24) is 5.32 Å². The maximum Gasteiger partial charge on any atom is 0.233 e. The summed E-state index contributed by atoms with van der Waals surface area (Å²) in [6, 6.07) is 12.3. The van der Waals surface area contributed by atoms with Crippen LogP contribution >= 0.6 is 23.2 Å². The molecule has 5 nitrogen and oxygen atoms in total. The summed E-state index contributed by atoms with van der Waals surface area (Å²) in [5.74, 6) is -0.0606. The predicted octanol–water partition coefficient (Wildman–Crippen LogP) is 3.69. The fourth-order valence-electron chi connectivity index (χ4n) is 2.24. The number of rotatable bonds is 7. The quantitative estimate of drug-likeness (QED) is 0.719. The third-order valence-electron chi connectivity index (χ3n) is 3.43. The lowest BCUT2D eigenvalue weighted by atomic mass is 10.1. The van der Waals surface area contributed by atoms with Gasteiger partial charge in [-0.3, -0.25) is 9.59 Å². The Bertz CT molecular complexity index is 766. The summed E-state index contributed by atoms with van der Waals surface area (Å²) in [6.45, 7) is 0.407. The molecule has 2 amide bonds. The molecule has 0 aromatic heterocycles. The predicted molar refractivity (Wildman–Crippen MR) is 99.4 cm³/mol. The summed E-state index contributed by atoms with van der Waals surface area (Å²) in [4.78, 5) is 23.8. The van der Waals surface area contributed by atoms with Gasteiger partial charge >= 0.3 is 0 Å². The molecule has 0 bridgehead atoms. The molecule has 0 fully saturated rings. The van der Waals surface area contributed by atoms with Gasteiger partial charge in [0, 0.05) is 11.6 Å². The van der Waals surface area contributed by atoms with E-state index in [1.165, 1.54) is 6.07 Å². The highest BCUT2D eigenvalue weighted by Crippen LogP contribution is 2.25. The number of carbonyl (C=O) groups is 2. The lowest BCUT2D eigenvalue weighted by molar-refractivity contribution is -0.126. The first kappa shape index (κ1) is 19.1. The standard InChI is InChI=1S/C18H18Cl2N2O3/c1-25-16-5-3-2-4-12(16)8-9-21-17(23)11-18(24)22-15-10-13(19)6-7-14(15)20/h2-7,10H,8-9,11H2,1H3,(H,21,23)(H,22,24). The molecule has 7 heteroatoms. The molecule has 0 aliphatic rings. The minimum absolute atomic E-state index is 0.297. The van der Waals surface area contributed by atoms with Crippen LogP contribution in [0.5, 0.6) is 5.75 Å². The number of methoxy groups -OCH3 is 1. The number of hydrogen-bond acceptors (Lipinski definition) is 3. The van der Waals surface area contributed by atoms with Crippen LogP contribution in [0.15, 0.2) is 42.5 Å². The van der Waals surface area contributed by atoms with E-state index in [0.717, 1.165) is 11.3 Å². The topological polar surface area (TPSA) is 67.4 Å². The molecule has 0 saturated carbocycles. The number of benzene rings is 2. The molecule has 2 aromatic carbocycles. The minimum Gasteiger partial charge on any atom is -0.496 e. The number of halogens is 2. The molecule has 2 rings (SSSR count). The van der Waals surface area contributed by atoms with Crippen molar-refractivity contribution in [3.63, 3.8) is 0 Å². The molecular formula is C18H18Cl2N2O3. The van der Waals surface area contributed by atoms with Crippen LogP contribution in [0.3, 0.4) is 0 Å². The zero-order valence-electron chi connectivity index (χ0n) is 13.6. The van der Waals surface area contributed by atoms with Crippen molar-refractivity contribution in [3.05, 3.63) is 58.1 Å². The second kappa shape index (κ2) is 9.30. The number of anilines is 1. The van der Waals surface area contributed by atoms with Crippen molar-refractivity contribution in [2.45, 2.75) is 12.8 Å². The normalized spacial score (nSPS) is 10.2.